The van der Waals surface area contributed by atoms with E-state index in [0.717, 1.165) is 5.01 Å². The smallest absolute Gasteiger partial charge is 0.231 e. The standard InChI is InChI=1S/C10H15N3OS/c1-10(2,3)8(14)11-9-13-12-7(15-9)6-4-5-6/h6H,4-5H2,1-3H3,(H,11,13,14). The topological polar surface area (TPSA) is 54.9 Å². The number of amides is 1. The fourth-order valence-electron chi connectivity index (χ4n) is 1.06. The fraction of sp³-hybridized carbons (Fsp3) is 0.700. The van der Waals surface area contributed by atoms with Gasteiger partial charge in [-0.3, -0.25) is 4.79 Å². The van der Waals surface area contributed by atoms with Crippen molar-refractivity contribution in [1.29, 1.82) is 0 Å². The van der Waals surface area contributed by atoms with Crippen molar-refractivity contribution < 1.29 is 4.79 Å². The second kappa shape index (κ2) is 3.56. The van der Waals surface area contributed by atoms with Crippen LogP contribution >= 0.6 is 11.3 Å². The molecule has 4 nitrogen and oxygen atoms in total. The summed E-state index contributed by atoms with van der Waals surface area (Å²) in [5, 5.41) is 12.5. The van der Waals surface area contributed by atoms with Crippen molar-refractivity contribution in [2.75, 3.05) is 5.32 Å². The lowest BCUT2D eigenvalue weighted by Crippen LogP contribution is -2.27. The second-order valence-electron chi connectivity index (χ2n) is 4.92. The highest BCUT2D eigenvalue weighted by molar-refractivity contribution is 7.15. The minimum absolute atomic E-state index is 0.0130. The molecule has 0 spiro atoms. The molecule has 82 valence electrons. The summed E-state index contributed by atoms with van der Waals surface area (Å²) >= 11 is 1.49. The monoisotopic (exact) mass is 225 g/mol. The Morgan fingerprint density at radius 2 is 2.07 bits per heavy atom. The van der Waals surface area contributed by atoms with Crippen molar-refractivity contribution in [2.24, 2.45) is 5.41 Å². The molecule has 1 aliphatic rings. The Labute approximate surface area is 93.1 Å². The number of hydrogen-bond acceptors (Lipinski definition) is 4. The highest BCUT2D eigenvalue weighted by atomic mass is 32.1. The molecule has 2 rings (SSSR count). The van der Waals surface area contributed by atoms with Crippen molar-refractivity contribution in [3.63, 3.8) is 0 Å². The number of carbonyl (C=O) groups excluding carboxylic acids is 1. The molecule has 1 amide bonds. The summed E-state index contributed by atoms with van der Waals surface area (Å²) < 4.78 is 0. The molecule has 1 N–H and O–H groups in total. The average Bonchev–Trinajstić information content (AvgIpc) is 2.87. The van der Waals surface area contributed by atoms with Gasteiger partial charge in [0.15, 0.2) is 0 Å². The molecule has 15 heavy (non-hydrogen) atoms. The fourth-order valence-corrected chi connectivity index (χ4v) is 1.97. The summed E-state index contributed by atoms with van der Waals surface area (Å²) in [5.74, 6) is 0.587. The van der Waals surface area contributed by atoms with Crippen LogP contribution in [0.1, 0.15) is 44.5 Å². The minimum Gasteiger partial charge on any atom is -0.300 e. The Kier molecular flexibility index (Phi) is 2.50. The van der Waals surface area contributed by atoms with E-state index in [1.165, 1.54) is 24.2 Å². The van der Waals surface area contributed by atoms with Gasteiger partial charge >= 0.3 is 0 Å². The summed E-state index contributed by atoms with van der Waals surface area (Å²) in [4.78, 5) is 11.7. The van der Waals surface area contributed by atoms with Gasteiger partial charge in [-0.05, 0) is 12.8 Å². The molecule has 1 aliphatic carbocycles. The lowest BCUT2D eigenvalue weighted by Gasteiger charge is -2.15. The predicted molar refractivity (Wildman–Crippen MR) is 60.0 cm³/mol. The number of carbonyl (C=O) groups is 1. The molecule has 5 heteroatoms. The molecule has 0 radical (unpaired) electrons. The Hall–Kier alpha value is -0.970. The molecular formula is C10H15N3OS. The molecule has 1 fully saturated rings. The first kappa shape index (κ1) is 10.5. The van der Waals surface area contributed by atoms with Gasteiger partial charge in [0, 0.05) is 11.3 Å². The molecule has 1 saturated carbocycles. The van der Waals surface area contributed by atoms with Crippen LogP contribution in [0.15, 0.2) is 0 Å². The molecule has 1 aromatic heterocycles. The molecule has 0 aliphatic heterocycles. The number of aromatic nitrogens is 2. The zero-order valence-electron chi connectivity index (χ0n) is 9.20. The van der Waals surface area contributed by atoms with Gasteiger partial charge in [0.1, 0.15) is 5.01 Å². The van der Waals surface area contributed by atoms with E-state index < -0.39 is 0 Å². The van der Waals surface area contributed by atoms with Crippen LogP contribution in [0, 0.1) is 5.41 Å². The van der Waals surface area contributed by atoms with Gasteiger partial charge in [-0.1, -0.05) is 32.1 Å². The number of nitrogens with one attached hydrogen (secondary N) is 1. The average molecular weight is 225 g/mol. The first-order chi connectivity index (χ1) is 6.97. The van der Waals surface area contributed by atoms with E-state index in [1.807, 2.05) is 20.8 Å². The van der Waals surface area contributed by atoms with Crippen molar-refractivity contribution in [3.05, 3.63) is 5.01 Å². The first-order valence-corrected chi connectivity index (χ1v) is 5.93. The van der Waals surface area contributed by atoms with E-state index in [9.17, 15) is 4.79 Å². The van der Waals surface area contributed by atoms with Gasteiger partial charge < -0.3 is 5.32 Å². The van der Waals surface area contributed by atoms with Crippen LogP contribution in [0.4, 0.5) is 5.13 Å². The zero-order valence-corrected chi connectivity index (χ0v) is 10.0. The molecule has 0 aromatic carbocycles. The van der Waals surface area contributed by atoms with E-state index in [0.29, 0.717) is 11.0 Å². The van der Waals surface area contributed by atoms with E-state index >= 15 is 0 Å². The Morgan fingerprint density at radius 3 is 2.60 bits per heavy atom. The van der Waals surface area contributed by atoms with Crippen molar-refractivity contribution in [3.8, 4) is 0 Å². The molecular weight excluding hydrogens is 210 g/mol. The predicted octanol–water partition coefficient (Wildman–Crippen LogP) is 2.40. The van der Waals surface area contributed by atoms with E-state index in [4.69, 9.17) is 0 Å². The van der Waals surface area contributed by atoms with Gasteiger partial charge in [-0.25, -0.2) is 0 Å². The van der Waals surface area contributed by atoms with Crippen molar-refractivity contribution in [1.82, 2.24) is 10.2 Å². The quantitative estimate of drug-likeness (QED) is 0.840. The summed E-state index contributed by atoms with van der Waals surface area (Å²) in [5.41, 5.74) is -0.384. The summed E-state index contributed by atoms with van der Waals surface area (Å²) in [6, 6.07) is 0. The van der Waals surface area contributed by atoms with Crippen LogP contribution in [0.2, 0.25) is 0 Å². The Morgan fingerprint density at radius 1 is 1.40 bits per heavy atom. The second-order valence-corrected chi connectivity index (χ2v) is 5.93. The molecule has 0 saturated heterocycles. The molecule has 0 atom stereocenters. The number of anilines is 1. The van der Waals surface area contributed by atoms with Crippen molar-refractivity contribution >= 4 is 22.4 Å². The maximum Gasteiger partial charge on any atom is 0.231 e. The van der Waals surface area contributed by atoms with Gasteiger partial charge in [0.25, 0.3) is 0 Å². The van der Waals surface area contributed by atoms with E-state index in [-0.39, 0.29) is 11.3 Å². The third-order valence-electron chi connectivity index (χ3n) is 2.27. The van der Waals surface area contributed by atoms with Crippen LogP contribution in [0.3, 0.4) is 0 Å². The van der Waals surface area contributed by atoms with Gasteiger partial charge in [-0.2, -0.15) is 0 Å². The Bertz CT molecular complexity index is 376. The third kappa shape index (κ3) is 2.53. The first-order valence-electron chi connectivity index (χ1n) is 5.11. The summed E-state index contributed by atoms with van der Waals surface area (Å²) in [6.07, 6.45) is 2.42. The summed E-state index contributed by atoms with van der Waals surface area (Å²) in [6.45, 7) is 5.64. The highest BCUT2D eigenvalue weighted by Crippen LogP contribution is 2.42. The van der Waals surface area contributed by atoms with Gasteiger partial charge in [0.2, 0.25) is 11.0 Å². The number of rotatable bonds is 2. The minimum atomic E-state index is -0.384. The molecule has 1 aromatic rings. The van der Waals surface area contributed by atoms with Gasteiger partial charge in [0.05, 0.1) is 0 Å². The third-order valence-corrected chi connectivity index (χ3v) is 3.27. The lowest BCUT2D eigenvalue weighted by molar-refractivity contribution is -0.123. The number of nitrogens with zero attached hydrogens (tertiary/aromatic N) is 2. The van der Waals surface area contributed by atoms with Crippen LogP contribution < -0.4 is 5.32 Å². The van der Waals surface area contributed by atoms with E-state index in [2.05, 4.69) is 15.5 Å². The van der Waals surface area contributed by atoms with Crippen LogP contribution in [0.5, 0.6) is 0 Å². The van der Waals surface area contributed by atoms with Crippen LogP contribution in [-0.4, -0.2) is 16.1 Å². The zero-order chi connectivity index (χ0) is 11.1. The van der Waals surface area contributed by atoms with Gasteiger partial charge in [-0.15, -0.1) is 10.2 Å². The SMILES string of the molecule is CC(C)(C)C(=O)Nc1nnc(C2CC2)s1. The highest BCUT2D eigenvalue weighted by Gasteiger charge is 2.28. The maximum absolute atomic E-state index is 11.7. The normalized spacial score (nSPS) is 16.5. The summed E-state index contributed by atoms with van der Waals surface area (Å²) in [7, 11) is 0. The largest absolute Gasteiger partial charge is 0.300 e. The molecule has 0 bridgehead atoms. The maximum atomic E-state index is 11.7. The van der Waals surface area contributed by atoms with E-state index in [1.54, 1.807) is 0 Å². The number of hydrogen-bond donors (Lipinski definition) is 1. The molecule has 1 heterocycles. The molecule has 0 unspecified atom stereocenters. The van der Waals surface area contributed by atoms with Crippen molar-refractivity contribution in [2.45, 2.75) is 39.5 Å². The van der Waals surface area contributed by atoms with Crippen LogP contribution in [0.25, 0.3) is 0 Å². The Balaban J connectivity index is 2.01. The van der Waals surface area contributed by atoms with Crippen LogP contribution in [-0.2, 0) is 4.79 Å². The lowest BCUT2D eigenvalue weighted by atomic mass is 9.96.